The van der Waals surface area contributed by atoms with Crippen LogP contribution in [0.15, 0.2) is 36.4 Å². The second-order valence-corrected chi connectivity index (χ2v) is 6.83. The average Bonchev–Trinajstić information content (AvgIpc) is 3.11. The minimum absolute atomic E-state index is 0.0252. The van der Waals surface area contributed by atoms with Crippen molar-refractivity contribution in [1.29, 1.82) is 0 Å². The van der Waals surface area contributed by atoms with Crippen LogP contribution in [0.1, 0.15) is 31.2 Å². The van der Waals surface area contributed by atoms with Gasteiger partial charge in [-0.15, -0.1) is 0 Å². The van der Waals surface area contributed by atoms with Crippen LogP contribution in [0.25, 0.3) is 0 Å². The number of anilines is 1. The van der Waals surface area contributed by atoms with Gasteiger partial charge in [-0.25, -0.2) is 0 Å². The van der Waals surface area contributed by atoms with Crippen molar-refractivity contribution in [3.05, 3.63) is 47.0 Å². The summed E-state index contributed by atoms with van der Waals surface area (Å²) in [4.78, 5) is 12.3. The van der Waals surface area contributed by atoms with Crippen LogP contribution in [0, 0.1) is 0 Å². The molecule has 0 bridgehead atoms. The number of halogens is 1. The van der Waals surface area contributed by atoms with Gasteiger partial charge in [-0.3, -0.25) is 4.79 Å². The first kappa shape index (κ1) is 18.4. The minimum Gasteiger partial charge on any atom is -0.506 e. The second kappa shape index (κ2) is 8.32. The van der Waals surface area contributed by atoms with Crippen LogP contribution < -0.4 is 14.8 Å². The van der Waals surface area contributed by atoms with Crippen LogP contribution in [0.3, 0.4) is 0 Å². The van der Waals surface area contributed by atoms with Crippen molar-refractivity contribution in [3.8, 4) is 17.2 Å². The Morgan fingerprint density at radius 3 is 2.69 bits per heavy atom. The summed E-state index contributed by atoms with van der Waals surface area (Å²) in [5.41, 5.74) is 1.09. The lowest BCUT2D eigenvalue weighted by molar-refractivity contribution is -0.115. The average molecular weight is 376 g/mol. The number of amides is 1. The van der Waals surface area contributed by atoms with Crippen molar-refractivity contribution < 1.29 is 19.4 Å². The van der Waals surface area contributed by atoms with Crippen LogP contribution in [-0.2, 0) is 11.2 Å². The molecule has 3 rings (SSSR count). The topological polar surface area (TPSA) is 67.8 Å². The molecule has 5 nitrogen and oxygen atoms in total. The van der Waals surface area contributed by atoms with Gasteiger partial charge in [-0.1, -0.05) is 17.7 Å². The van der Waals surface area contributed by atoms with Gasteiger partial charge in [0.2, 0.25) is 5.91 Å². The van der Waals surface area contributed by atoms with Crippen molar-refractivity contribution in [2.24, 2.45) is 0 Å². The molecule has 2 N–H and O–H groups in total. The van der Waals surface area contributed by atoms with Gasteiger partial charge >= 0.3 is 0 Å². The summed E-state index contributed by atoms with van der Waals surface area (Å²) in [7, 11) is 1.60. The Kier molecular flexibility index (Phi) is 5.89. The van der Waals surface area contributed by atoms with Gasteiger partial charge in [0, 0.05) is 5.02 Å². The van der Waals surface area contributed by atoms with Crippen molar-refractivity contribution in [3.63, 3.8) is 0 Å². The lowest BCUT2D eigenvalue weighted by Crippen LogP contribution is -2.15. The quantitative estimate of drug-likeness (QED) is 0.726. The number of phenolic OH excluding ortho intramolecular Hbond substituents is 1. The number of ether oxygens (including phenoxy) is 2. The van der Waals surface area contributed by atoms with Crippen molar-refractivity contribution in [2.45, 2.75) is 38.2 Å². The van der Waals surface area contributed by atoms with Crippen LogP contribution in [0.4, 0.5) is 5.69 Å². The molecule has 0 spiro atoms. The van der Waals surface area contributed by atoms with E-state index in [-0.39, 0.29) is 24.2 Å². The van der Waals surface area contributed by atoms with E-state index in [1.165, 1.54) is 25.0 Å². The number of nitrogens with one attached hydrogen (secondary N) is 1. The Bertz CT molecular complexity index is 787. The molecule has 1 saturated carbocycles. The maximum Gasteiger partial charge on any atom is 0.228 e. The monoisotopic (exact) mass is 375 g/mol. The van der Waals surface area contributed by atoms with Gasteiger partial charge in [0.15, 0.2) is 11.5 Å². The third kappa shape index (κ3) is 4.61. The number of hydrogen-bond acceptors (Lipinski definition) is 4. The maximum atomic E-state index is 12.3. The Hall–Kier alpha value is -2.40. The fraction of sp³-hybridized carbons (Fsp3) is 0.350. The zero-order valence-corrected chi connectivity index (χ0v) is 15.4. The van der Waals surface area contributed by atoms with Gasteiger partial charge in [0.1, 0.15) is 5.75 Å². The maximum absolute atomic E-state index is 12.3. The molecule has 6 heteroatoms. The molecule has 0 radical (unpaired) electrons. The SMILES string of the molecule is COc1ccc(CC(=O)Nc2cc(Cl)ccc2O)cc1OC1CCCC1. The van der Waals surface area contributed by atoms with Crippen LogP contribution in [0.5, 0.6) is 17.2 Å². The van der Waals surface area contributed by atoms with E-state index in [0.29, 0.717) is 22.2 Å². The van der Waals surface area contributed by atoms with Crippen LogP contribution in [0.2, 0.25) is 5.02 Å². The normalized spacial score (nSPS) is 14.2. The zero-order chi connectivity index (χ0) is 18.5. The molecule has 0 saturated heterocycles. The van der Waals surface area contributed by atoms with Crippen LogP contribution >= 0.6 is 11.6 Å². The third-order valence-corrected chi connectivity index (χ3v) is 4.66. The highest BCUT2D eigenvalue weighted by molar-refractivity contribution is 6.31. The van der Waals surface area contributed by atoms with E-state index in [1.807, 2.05) is 18.2 Å². The molecule has 1 amide bonds. The molecule has 2 aromatic rings. The van der Waals surface area contributed by atoms with Crippen molar-refractivity contribution in [1.82, 2.24) is 0 Å². The number of phenols is 1. The molecule has 1 aliphatic rings. The molecule has 1 aliphatic carbocycles. The fourth-order valence-corrected chi connectivity index (χ4v) is 3.27. The molecule has 0 atom stereocenters. The molecule has 0 aliphatic heterocycles. The Morgan fingerprint density at radius 2 is 1.96 bits per heavy atom. The Morgan fingerprint density at radius 1 is 1.19 bits per heavy atom. The van der Waals surface area contributed by atoms with E-state index in [2.05, 4.69) is 5.32 Å². The molecule has 26 heavy (non-hydrogen) atoms. The van der Waals surface area contributed by atoms with E-state index in [0.717, 1.165) is 18.4 Å². The smallest absolute Gasteiger partial charge is 0.228 e. The van der Waals surface area contributed by atoms with Crippen molar-refractivity contribution >= 4 is 23.2 Å². The number of hydrogen-bond donors (Lipinski definition) is 2. The summed E-state index contributed by atoms with van der Waals surface area (Å²) in [6, 6.07) is 10.00. The lowest BCUT2D eigenvalue weighted by atomic mass is 10.1. The highest BCUT2D eigenvalue weighted by atomic mass is 35.5. The van der Waals surface area contributed by atoms with Crippen molar-refractivity contribution in [2.75, 3.05) is 12.4 Å². The molecule has 2 aromatic carbocycles. The van der Waals surface area contributed by atoms with E-state index in [9.17, 15) is 9.90 Å². The van der Waals surface area contributed by atoms with Crippen LogP contribution in [-0.4, -0.2) is 24.2 Å². The number of methoxy groups -OCH3 is 1. The molecular formula is C20H22ClNO4. The predicted molar refractivity (Wildman–Crippen MR) is 101 cm³/mol. The molecule has 0 heterocycles. The standard InChI is InChI=1S/C20H22ClNO4/c1-25-18-9-6-13(10-19(18)26-15-4-2-3-5-15)11-20(24)22-16-12-14(21)7-8-17(16)23/h6-10,12,15,23H,2-5,11H2,1H3,(H,22,24). The van der Waals surface area contributed by atoms with Gasteiger partial charge in [0.25, 0.3) is 0 Å². The molecule has 1 fully saturated rings. The number of benzene rings is 2. The van der Waals surface area contributed by atoms with Gasteiger partial charge in [-0.05, 0) is 61.6 Å². The Balaban J connectivity index is 1.70. The van der Waals surface area contributed by atoms with Gasteiger partial charge in [0.05, 0.1) is 25.3 Å². The van der Waals surface area contributed by atoms with E-state index in [4.69, 9.17) is 21.1 Å². The summed E-state index contributed by atoms with van der Waals surface area (Å²) in [6.07, 6.45) is 4.80. The largest absolute Gasteiger partial charge is 0.506 e. The first-order valence-electron chi connectivity index (χ1n) is 8.67. The fourth-order valence-electron chi connectivity index (χ4n) is 3.10. The third-order valence-electron chi connectivity index (χ3n) is 4.42. The molecule has 0 aromatic heterocycles. The van der Waals surface area contributed by atoms with E-state index < -0.39 is 0 Å². The van der Waals surface area contributed by atoms with Gasteiger partial charge in [-0.2, -0.15) is 0 Å². The van der Waals surface area contributed by atoms with Gasteiger partial charge < -0.3 is 19.9 Å². The molecular weight excluding hydrogens is 354 g/mol. The second-order valence-electron chi connectivity index (χ2n) is 6.40. The summed E-state index contributed by atoms with van der Waals surface area (Å²) in [5.74, 6) is 1.05. The van der Waals surface area contributed by atoms with E-state index in [1.54, 1.807) is 13.2 Å². The summed E-state index contributed by atoms with van der Waals surface area (Å²) < 4.78 is 11.4. The number of rotatable bonds is 6. The summed E-state index contributed by atoms with van der Waals surface area (Å²) >= 11 is 5.90. The lowest BCUT2D eigenvalue weighted by Gasteiger charge is -2.17. The molecule has 138 valence electrons. The number of carbonyl (C=O) groups excluding carboxylic acids is 1. The number of carbonyl (C=O) groups is 1. The minimum atomic E-state index is -0.250. The molecule has 0 unspecified atom stereocenters. The predicted octanol–water partition coefficient (Wildman–Crippen LogP) is 4.56. The number of aromatic hydroxyl groups is 1. The first-order valence-corrected chi connectivity index (χ1v) is 9.05. The summed E-state index contributed by atoms with van der Waals surface area (Å²) in [5, 5.41) is 12.9. The Labute approximate surface area is 157 Å². The zero-order valence-electron chi connectivity index (χ0n) is 14.6. The first-order chi connectivity index (χ1) is 12.5. The summed E-state index contributed by atoms with van der Waals surface area (Å²) in [6.45, 7) is 0. The van der Waals surface area contributed by atoms with E-state index >= 15 is 0 Å². The highest BCUT2D eigenvalue weighted by Crippen LogP contribution is 2.33. The highest BCUT2D eigenvalue weighted by Gasteiger charge is 2.19.